The number of likely N-dealkylation sites (tertiary alicyclic amines) is 1. The molecule has 4 rings (SSSR count). The molecule has 1 unspecified atom stereocenters. The zero-order chi connectivity index (χ0) is 17.9. The summed E-state index contributed by atoms with van der Waals surface area (Å²) in [4.78, 5) is 7.31. The second-order valence-corrected chi connectivity index (χ2v) is 8.43. The minimum absolute atomic E-state index is 0.241. The first-order valence-corrected chi connectivity index (χ1v) is 10.6. The van der Waals surface area contributed by atoms with Crippen LogP contribution in [0.25, 0.3) is 0 Å². The molecule has 0 radical (unpaired) electrons. The number of thiazole rings is 1. The molecule has 0 N–H and O–H groups in total. The Kier molecular flexibility index (Phi) is 5.57. The van der Waals surface area contributed by atoms with E-state index in [0.717, 1.165) is 62.7 Å². The first-order chi connectivity index (χ1) is 12.7. The number of aryl methyl sites for hydroxylation is 2. The summed E-state index contributed by atoms with van der Waals surface area (Å²) in [6, 6.07) is 6.45. The number of benzene rings is 1. The predicted octanol–water partition coefficient (Wildman–Crippen LogP) is 4.65. The Labute approximate surface area is 160 Å². The third-order valence-electron chi connectivity index (χ3n) is 5.33. The van der Waals surface area contributed by atoms with Crippen molar-refractivity contribution in [2.75, 3.05) is 19.7 Å². The molecule has 4 nitrogen and oxygen atoms in total. The highest BCUT2D eigenvalue weighted by Gasteiger charge is 2.24. The molecular formula is C21H28N2O2S. The monoisotopic (exact) mass is 372 g/mol. The van der Waals surface area contributed by atoms with Crippen LogP contribution in [-0.4, -0.2) is 35.7 Å². The summed E-state index contributed by atoms with van der Waals surface area (Å²) in [7, 11) is 0. The molecule has 0 amide bonds. The van der Waals surface area contributed by atoms with Crippen molar-refractivity contribution in [1.82, 2.24) is 9.88 Å². The average Bonchev–Trinajstić information content (AvgIpc) is 3.31. The van der Waals surface area contributed by atoms with Gasteiger partial charge in [-0.1, -0.05) is 12.1 Å². The fourth-order valence-corrected chi connectivity index (χ4v) is 4.64. The highest BCUT2D eigenvalue weighted by Crippen LogP contribution is 2.31. The molecule has 2 aliphatic rings. The van der Waals surface area contributed by atoms with Gasteiger partial charge in [0.25, 0.3) is 0 Å². The lowest BCUT2D eigenvalue weighted by molar-refractivity contribution is 0.0951. The van der Waals surface area contributed by atoms with Gasteiger partial charge in [-0.05, 0) is 56.7 Å². The van der Waals surface area contributed by atoms with Gasteiger partial charge in [0.1, 0.15) is 23.0 Å². The number of hydrogen-bond donors (Lipinski definition) is 0. The summed E-state index contributed by atoms with van der Waals surface area (Å²) in [5, 5.41) is 3.36. The van der Waals surface area contributed by atoms with Crippen LogP contribution >= 0.6 is 11.3 Å². The Hall–Kier alpha value is -1.43. The molecule has 1 aromatic heterocycles. The van der Waals surface area contributed by atoms with Gasteiger partial charge < -0.3 is 9.47 Å². The summed E-state index contributed by atoms with van der Waals surface area (Å²) in [5.41, 5.74) is 3.67. The van der Waals surface area contributed by atoms with Crippen molar-refractivity contribution < 1.29 is 9.47 Å². The topological polar surface area (TPSA) is 34.6 Å². The number of aromatic nitrogens is 1. The molecule has 5 heteroatoms. The van der Waals surface area contributed by atoms with E-state index in [0.29, 0.717) is 6.10 Å². The molecule has 26 heavy (non-hydrogen) atoms. The summed E-state index contributed by atoms with van der Waals surface area (Å²) < 4.78 is 12.0. The maximum absolute atomic E-state index is 6.28. The number of rotatable bonds is 5. The first kappa shape index (κ1) is 18.0. The molecule has 140 valence electrons. The summed E-state index contributed by atoms with van der Waals surface area (Å²) >= 11 is 1.75. The maximum Gasteiger partial charge on any atom is 0.122 e. The fourth-order valence-electron chi connectivity index (χ4n) is 3.74. The number of hydrogen-bond acceptors (Lipinski definition) is 5. The van der Waals surface area contributed by atoms with Crippen LogP contribution in [0.4, 0.5) is 0 Å². The molecule has 0 aliphatic carbocycles. The van der Waals surface area contributed by atoms with Crippen LogP contribution < -0.4 is 4.74 Å². The average molecular weight is 373 g/mol. The Balaban J connectivity index is 1.28. The largest absolute Gasteiger partial charge is 0.490 e. The lowest BCUT2D eigenvalue weighted by Crippen LogP contribution is -2.38. The Morgan fingerprint density at radius 2 is 2.08 bits per heavy atom. The molecule has 2 aromatic rings. The van der Waals surface area contributed by atoms with Crippen molar-refractivity contribution in [2.45, 2.75) is 58.3 Å². The van der Waals surface area contributed by atoms with Gasteiger partial charge in [0.15, 0.2) is 0 Å². The van der Waals surface area contributed by atoms with Gasteiger partial charge in [-0.15, -0.1) is 11.3 Å². The first-order valence-electron chi connectivity index (χ1n) is 9.69. The highest BCUT2D eigenvalue weighted by molar-refractivity contribution is 7.09. The van der Waals surface area contributed by atoms with Crippen LogP contribution in [0.3, 0.4) is 0 Å². The predicted molar refractivity (Wildman–Crippen MR) is 105 cm³/mol. The van der Waals surface area contributed by atoms with Crippen molar-refractivity contribution in [1.29, 1.82) is 0 Å². The summed E-state index contributed by atoms with van der Waals surface area (Å²) in [6.07, 6.45) is 5.00. The quantitative estimate of drug-likeness (QED) is 0.765. The Bertz CT molecular complexity index is 731. The third-order valence-corrected chi connectivity index (χ3v) is 6.32. The molecule has 0 spiro atoms. The van der Waals surface area contributed by atoms with Crippen molar-refractivity contribution in [3.05, 3.63) is 45.4 Å². The molecule has 1 atom stereocenters. The van der Waals surface area contributed by atoms with Crippen LogP contribution in [0.15, 0.2) is 23.6 Å². The van der Waals surface area contributed by atoms with E-state index in [-0.39, 0.29) is 6.10 Å². The van der Waals surface area contributed by atoms with Gasteiger partial charge in [0, 0.05) is 31.6 Å². The molecule has 0 saturated carbocycles. The van der Waals surface area contributed by atoms with E-state index in [9.17, 15) is 0 Å². The van der Waals surface area contributed by atoms with E-state index >= 15 is 0 Å². The van der Waals surface area contributed by atoms with E-state index in [1.165, 1.54) is 16.8 Å². The standard InChI is InChI=1S/C21H28N2O2S/c1-15-5-6-16(2)20(12-15)25-18-7-9-23(10-8-18)13-17-14-26-21(22-17)19-4-3-11-24-19/h5-6,12,14,18-19H,3-4,7-11,13H2,1-2H3. The molecule has 1 aromatic carbocycles. The minimum Gasteiger partial charge on any atom is -0.490 e. The van der Waals surface area contributed by atoms with Crippen molar-refractivity contribution >= 4 is 11.3 Å². The second kappa shape index (κ2) is 8.07. The molecule has 2 fully saturated rings. The molecule has 3 heterocycles. The number of ether oxygens (including phenoxy) is 2. The van der Waals surface area contributed by atoms with Crippen LogP contribution in [0.5, 0.6) is 5.75 Å². The van der Waals surface area contributed by atoms with E-state index in [1.807, 2.05) is 0 Å². The molecule has 2 aliphatic heterocycles. The number of nitrogens with zero attached hydrogens (tertiary/aromatic N) is 2. The molecular weight excluding hydrogens is 344 g/mol. The van der Waals surface area contributed by atoms with E-state index < -0.39 is 0 Å². The van der Waals surface area contributed by atoms with E-state index in [1.54, 1.807) is 11.3 Å². The van der Waals surface area contributed by atoms with Gasteiger partial charge in [0.05, 0.1) is 5.69 Å². The Morgan fingerprint density at radius 3 is 2.85 bits per heavy atom. The zero-order valence-electron chi connectivity index (χ0n) is 15.7. The minimum atomic E-state index is 0.241. The lowest BCUT2D eigenvalue weighted by atomic mass is 10.1. The normalized spacial score (nSPS) is 22.0. The highest BCUT2D eigenvalue weighted by atomic mass is 32.1. The van der Waals surface area contributed by atoms with Crippen molar-refractivity contribution in [3.63, 3.8) is 0 Å². The van der Waals surface area contributed by atoms with Crippen LogP contribution in [0.1, 0.15) is 53.6 Å². The van der Waals surface area contributed by atoms with Gasteiger partial charge in [-0.2, -0.15) is 0 Å². The SMILES string of the molecule is Cc1ccc(C)c(OC2CCN(Cc3csc(C4CCCO4)n3)CC2)c1. The van der Waals surface area contributed by atoms with Crippen LogP contribution in [0, 0.1) is 13.8 Å². The second-order valence-electron chi connectivity index (χ2n) is 7.54. The number of piperidine rings is 1. The van der Waals surface area contributed by atoms with E-state index in [4.69, 9.17) is 14.5 Å². The van der Waals surface area contributed by atoms with Crippen molar-refractivity contribution in [3.8, 4) is 5.75 Å². The smallest absolute Gasteiger partial charge is 0.122 e. The molecule has 2 saturated heterocycles. The summed E-state index contributed by atoms with van der Waals surface area (Å²) in [5.74, 6) is 1.05. The van der Waals surface area contributed by atoms with E-state index in [2.05, 4.69) is 42.3 Å². The van der Waals surface area contributed by atoms with Gasteiger partial charge in [-0.3, -0.25) is 4.90 Å². The Morgan fingerprint density at radius 1 is 1.23 bits per heavy atom. The summed E-state index contributed by atoms with van der Waals surface area (Å²) in [6.45, 7) is 8.21. The zero-order valence-corrected chi connectivity index (χ0v) is 16.6. The van der Waals surface area contributed by atoms with Gasteiger partial charge >= 0.3 is 0 Å². The van der Waals surface area contributed by atoms with Crippen LogP contribution in [0.2, 0.25) is 0 Å². The van der Waals surface area contributed by atoms with Crippen molar-refractivity contribution in [2.24, 2.45) is 0 Å². The van der Waals surface area contributed by atoms with Gasteiger partial charge in [0.2, 0.25) is 0 Å². The maximum atomic E-state index is 6.28. The lowest BCUT2D eigenvalue weighted by Gasteiger charge is -2.32. The fraction of sp³-hybridized carbons (Fsp3) is 0.571. The molecule has 0 bridgehead atoms. The van der Waals surface area contributed by atoms with Gasteiger partial charge in [-0.25, -0.2) is 4.98 Å². The third kappa shape index (κ3) is 4.27. The van der Waals surface area contributed by atoms with Crippen LogP contribution in [-0.2, 0) is 11.3 Å².